The number of fused-ring (bicyclic) bond motifs is 1. The number of thiazole rings is 2. The van der Waals surface area contributed by atoms with Crippen molar-refractivity contribution >= 4 is 45.2 Å². The van der Waals surface area contributed by atoms with Crippen LogP contribution in [0.3, 0.4) is 0 Å². The molecule has 3 heterocycles. The van der Waals surface area contributed by atoms with E-state index in [0.717, 1.165) is 16.3 Å². The Hall–Kier alpha value is -2.42. The van der Waals surface area contributed by atoms with E-state index in [0.29, 0.717) is 33.3 Å². The highest BCUT2D eigenvalue weighted by Crippen LogP contribution is 2.26. The van der Waals surface area contributed by atoms with E-state index in [1.54, 1.807) is 28.3 Å². The predicted molar refractivity (Wildman–Crippen MR) is 124 cm³/mol. The first-order valence-electron chi connectivity index (χ1n) is 9.22. The SMILES string of the molecule is C=CCn1c(=S)sc2c(=O)n(Cc3csc(-c4ccc(C(C)C)cc4)n3)cnc21. The normalized spacial score (nSPS) is 11.4. The van der Waals surface area contributed by atoms with Gasteiger partial charge >= 0.3 is 0 Å². The Morgan fingerprint density at radius 1 is 1.28 bits per heavy atom. The third kappa shape index (κ3) is 3.88. The quantitative estimate of drug-likeness (QED) is 0.295. The third-order valence-electron chi connectivity index (χ3n) is 4.66. The minimum absolute atomic E-state index is 0.0928. The molecule has 148 valence electrons. The molecule has 0 saturated heterocycles. The van der Waals surface area contributed by atoms with E-state index < -0.39 is 0 Å². The van der Waals surface area contributed by atoms with E-state index in [4.69, 9.17) is 17.2 Å². The Morgan fingerprint density at radius 2 is 2.03 bits per heavy atom. The molecule has 0 unspecified atom stereocenters. The van der Waals surface area contributed by atoms with E-state index >= 15 is 0 Å². The lowest BCUT2D eigenvalue weighted by Crippen LogP contribution is -2.21. The Morgan fingerprint density at radius 3 is 2.72 bits per heavy atom. The van der Waals surface area contributed by atoms with Crippen LogP contribution in [-0.2, 0) is 13.1 Å². The summed E-state index contributed by atoms with van der Waals surface area (Å²) in [5.74, 6) is 0.503. The van der Waals surface area contributed by atoms with Crippen molar-refractivity contribution in [3.63, 3.8) is 0 Å². The minimum Gasteiger partial charge on any atom is -0.304 e. The van der Waals surface area contributed by atoms with Gasteiger partial charge in [0, 0.05) is 17.5 Å². The van der Waals surface area contributed by atoms with Gasteiger partial charge in [0.1, 0.15) is 16.0 Å². The number of aromatic nitrogens is 4. The fourth-order valence-electron chi connectivity index (χ4n) is 3.07. The first-order chi connectivity index (χ1) is 14.0. The van der Waals surface area contributed by atoms with Crippen molar-refractivity contribution in [2.24, 2.45) is 0 Å². The van der Waals surface area contributed by atoms with Crippen LogP contribution < -0.4 is 5.56 Å². The Bertz CT molecular complexity index is 1290. The van der Waals surface area contributed by atoms with Crippen molar-refractivity contribution in [3.8, 4) is 10.6 Å². The molecule has 0 atom stereocenters. The van der Waals surface area contributed by atoms with Gasteiger partial charge in [0.15, 0.2) is 9.60 Å². The molecule has 5 nitrogen and oxygen atoms in total. The second kappa shape index (κ2) is 8.14. The maximum Gasteiger partial charge on any atom is 0.273 e. The molecule has 8 heteroatoms. The van der Waals surface area contributed by atoms with E-state index in [1.165, 1.54) is 16.9 Å². The van der Waals surface area contributed by atoms with E-state index in [2.05, 4.69) is 49.7 Å². The van der Waals surface area contributed by atoms with Crippen molar-refractivity contribution in [2.45, 2.75) is 32.9 Å². The average molecular weight is 441 g/mol. The molecule has 0 amide bonds. The van der Waals surface area contributed by atoms with Crippen molar-refractivity contribution < 1.29 is 0 Å². The molecule has 4 aromatic rings. The van der Waals surface area contributed by atoms with Crippen LogP contribution in [0.2, 0.25) is 0 Å². The van der Waals surface area contributed by atoms with Crippen molar-refractivity contribution in [1.29, 1.82) is 0 Å². The minimum atomic E-state index is -0.0928. The lowest BCUT2D eigenvalue weighted by Gasteiger charge is -2.05. The van der Waals surface area contributed by atoms with Gasteiger partial charge in [-0.2, -0.15) is 0 Å². The van der Waals surface area contributed by atoms with Crippen LogP contribution in [0, 0.1) is 3.95 Å². The third-order valence-corrected chi connectivity index (χ3v) is 7.03. The summed E-state index contributed by atoms with van der Waals surface area (Å²) in [6.45, 7) is 9.03. The van der Waals surface area contributed by atoms with Gasteiger partial charge in [0.2, 0.25) is 0 Å². The van der Waals surface area contributed by atoms with Crippen molar-refractivity contribution in [2.75, 3.05) is 0 Å². The maximum absolute atomic E-state index is 12.9. The first-order valence-corrected chi connectivity index (χ1v) is 11.3. The molecule has 0 N–H and O–H groups in total. The molecule has 0 aliphatic rings. The Balaban J connectivity index is 1.62. The summed E-state index contributed by atoms with van der Waals surface area (Å²) >= 11 is 8.24. The van der Waals surface area contributed by atoms with Crippen LogP contribution in [0.15, 0.2) is 53.4 Å². The molecule has 0 radical (unpaired) electrons. The molecular weight excluding hydrogens is 420 g/mol. The highest BCUT2D eigenvalue weighted by molar-refractivity contribution is 7.73. The highest BCUT2D eigenvalue weighted by atomic mass is 32.1. The van der Waals surface area contributed by atoms with Crippen LogP contribution in [-0.4, -0.2) is 19.1 Å². The van der Waals surface area contributed by atoms with Crippen molar-refractivity contribution in [1.82, 2.24) is 19.1 Å². The van der Waals surface area contributed by atoms with Gasteiger partial charge in [-0.1, -0.05) is 55.5 Å². The molecular formula is C21H20N4OS3. The first kappa shape index (κ1) is 19.9. The molecule has 4 rings (SSSR count). The summed E-state index contributed by atoms with van der Waals surface area (Å²) in [5.41, 5.74) is 3.76. The number of hydrogen-bond acceptors (Lipinski definition) is 6. The van der Waals surface area contributed by atoms with Gasteiger partial charge in [-0.3, -0.25) is 9.36 Å². The molecule has 0 saturated carbocycles. The predicted octanol–water partition coefficient (Wildman–Crippen LogP) is 5.47. The molecule has 1 aromatic carbocycles. The topological polar surface area (TPSA) is 52.7 Å². The van der Waals surface area contributed by atoms with E-state index in [-0.39, 0.29) is 5.56 Å². The lowest BCUT2D eigenvalue weighted by molar-refractivity contribution is 0.729. The summed E-state index contributed by atoms with van der Waals surface area (Å²) in [6, 6.07) is 8.50. The number of allylic oxidation sites excluding steroid dienone is 1. The van der Waals surface area contributed by atoms with Gasteiger partial charge in [-0.25, -0.2) is 9.97 Å². The molecule has 0 spiro atoms. The largest absolute Gasteiger partial charge is 0.304 e. The number of rotatable bonds is 6. The summed E-state index contributed by atoms with van der Waals surface area (Å²) in [5, 5.41) is 2.94. The second-order valence-electron chi connectivity index (χ2n) is 7.02. The lowest BCUT2D eigenvalue weighted by atomic mass is 10.0. The van der Waals surface area contributed by atoms with Crippen LogP contribution in [0.1, 0.15) is 31.0 Å². The monoisotopic (exact) mass is 440 g/mol. The smallest absolute Gasteiger partial charge is 0.273 e. The van der Waals surface area contributed by atoms with Gasteiger partial charge in [-0.15, -0.1) is 17.9 Å². The highest BCUT2D eigenvalue weighted by Gasteiger charge is 2.13. The molecule has 29 heavy (non-hydrogen) atoms. The summed E-state index contributed by atoms with van der Waals surface area (Å²) in [6.07, 6.45) is 3.32. The van der Waals surface area contributed by atoms with Gasteiger partial charge in [0.05, 0.1) is 12.2 Å². The molecule has 0 aliphatic heterocycles. The number of hydrogen-bond donors (Lipinski definition) is 0. The summed E-state index contributed by atoms with van der Waals surface area (Å²) < 4.78 is 4.62. The maximum atomic E-state index is 12.9. The van der Waals surface area contributed by atoms with Gasteiger partial charge in [0.25, 0.3) is 5.56 Å². The van der Waals surface area contributed by atoms with Gasteiger partial charge in [-0.05, 0) is 23.7 Å². The standard InChI is InChI=1S/C21H20N4OS3/c1-4-9-25-18-17(29-21(25)27)20(26)24(12-22-18)10-16-11-28-19(23-16)15-7-5-14(6-8-15)13(2)3/h4-8,11-13H,1,9-10H2,2-3H3. The fourth-order valence-corrected chi connectivity index (χ4v) is 5.20. The molecule has 0 aliphatic carbocycles. The van der Waals surface area contributed by atoms with Crippen LogP contribution >= 0.6 is 34.9 Å². The second-order valence-corrected chi connectivity index (χ2v) is 9.52. The van der Waals surface area contributed by atoms with Gasteiger partial charge < -0.3 is 4.57 Å². The summed E-state index contributed by atoms with van der Waals surface area (Å²) in [4.78, 5) is 22.1. The van der Waals surface area contributed by atoms with Crippen molar-refractivity contribution in [3.05, 3.63) is 74.2 Å². The van der Waals surface area contributed by atoms with Crippen LogP contribution in [0.5, 0.6) is 0 Å². The van der Waals surface area contributed by atoms with Crippen LogP contribution in [0.4, 0.5) is 0 Å². The van der Waals surface area contributed by atoms with E-state index in [9.17, 15) is 4.79 Å². The van der Waals surface area contributed by atoms with E-state index in [1.807, 2.05) is 9.95 Å². The molecule has 3 aromatic heterocycles. The summed E-state index contributed by atoms with van der Waals surface area (Å²) in [7, 11) is 0. The Kier molecular flexibility index (Phi) is 5.58. The van der Waals surface area contributed by atoms with Crippen LogP contribution in [0.25, 0.3) is 20.9 Å². The zero-order valence-corrected chi connectivity index (χ0v) is 18.6. The number of nitrogens with zero attached hydrogens (tertiary/aromatic N) is 4. The average Bonchev–Trinajstić information content (AvgIpc) is 3.30. The Labute approximate surface area is 181 Å². The zero-order valence-electron chi connectivity index (χ0n) is 16.2. The molecule has 0 fully saturated rings. The molecule has 0 bridgehead atoms. The zero-order chi connectivity index (χ0) is 20.5. The number of benzene rings is 1. The fraction of sp³-hybridized carbons (Fsp3) is 0.238.